The van der Waals surface area contributed by atoms with E-state index >= 15 is 0 Å². The minimum atomic E-state index is -1.27. The van der Waals surface area contributed by atoms with E-state index in [0.717, 1.165) is 16.6 Å². The van der Waals surface area contributed by atoms with Crippen LogP contribution < -0.4 is 5.32 Å². The number of benzene rings is 2. The van der Waals surface area contributed by atoms with Crippen LogP contribution >= 0.6 is 0 Å². The average Bonchev–Trinajstić information content (AvgIpc) is 2.97. The quantitative estimate of drug-likeness (QED) is 0.711. The predicted molar refractivity (Wildman–Crippen MR) is 88.7 cm³/mol. The Hall–Kier alpha value is -3.15. The van der Waals surface area contributed by atoms with Gasteiger partial charge in [0.1, 0.15) is 0 Å². The zero-order chi connectivity index (χ0) is 16.7. The fourth-order valence-electron chi connectivity index (χ4n) is 2.91. The van der Waals surface area contributed by atoms with Crippen molar-refractivity contribution in [2.45, 2.75) is 18.9 Å². The first-order chi connectivity index (χ1) is 11.5. The highest BCUT2D eigenvalue weighted by Gasteiger charge is 2.42. The standard InChI is InChI=1S/C18H15N3O3/c1-18(10-11-6-2-3-7-12(11)15(22)24-18)16(23)21-17-19-13-8-4-5-9-14(13)20-17/h2-9H,10H2,1H3,(H2,19,20,21,23). The molecular formula is C18H15N3O3. The number of imidazole rings is 1. The molecule has 1 aliphatic rings. The number of aromatic amines is 1. The molecular weight excluding hydrogens is 306 g/mol. The molecule has 0 saturated heterocycles. The van der Waals surface area contributed by atoms with Crippen molar-refractivity contribution < 1.29 is 14.3 Å². The van der Waals surface area contributed by atoms with Gasteiger partial charge in [0, 0.05) is 6.42 Å². The van der Waals surface area contributed by atoms with Crippen LogP contribution in [0.15, 0.2) is 48.5 Å². The number of carbonyl (C=O) groups excluding carboxylic acids is 2. The van der Waals surface area contributed by atoms with Crippen LogP contribution in [0.25, 0.3) is 11.0 Å². The number of esters is 1. The zero-order valence-electron chi connectivity index (χ0n) is 13.0. The van der Waals surface area contributed by atoms with Gasteiger partial charge in [-0.2, -0.15) is 0 Å². The van der Waals surface area contributed by atoms with Crippen molar-refractivity contribution in [1.29, 1.82) is 0 Å². The first kappa shape index (κ1) is 14.4. The summed E-state index contributed by atoms with van der Waals surface area (Å²) in [5.41, 5.74) is 1.61. The third kappa shape index (κ3) is 2.32. The molecule has 1 aliphatic heterocycles. The number of hydrogen-bond acceptors (Lipinski definition) is 4. The van der Waals surface area contributed by atoms with Gasteiger partial charge in [-0.1, -0.05) is 30.3 Å². The molecule has 2 N–H and O–H groups in total. The number of cyclic esters (lactones) is 1. The summed E-state index contributed by atoms with van der Waals surface area (Å²) >= 11 is 0. The minimum Gasteiger partial charge on any atom is -0.445 e. The maximum absolute atomic E-state index is 12.7. The Morgan fingerprint density at radius 1 is 1.21 bits per heavy atom. The Labute approximate surface area is 137 Å². The zero-order valence-corrected chi connectivity index (χ0v) is 13.0. The van der Waals surface area contributed by atoms with Gasteiger partial charge in [-0.3, -0.25) is 10.1 Å². The lowest BCUT2D eigenvalue weighted by Crippen LogP contribution is -2.49. The first-order valence-electron chi connectivity index (χ1n) is 7.63. The molecule has 4 rings (SSSR count). The molecule has 24 heavy (non-hydrogen) atoms. The third-order valence-corrected chi connectivity index (χ3v) is 4.18. The van der Waals surface area contributed by atoms with E-state index in [0.29, 0.717) is 17.9 Å². The summed E-state index contributed by atoms with van der Waals surface area (Å²) < 4.78 is 5.42. The number of anilines is 1. The maximum Gasteiger partial charge on any atom is 0.339 e. The number of nitrogens with zero attached hydrogens (tertiary/aromatic N) is 1. The number of fused-ring (bicyclic) bond motifs is 2. The summed E-state index contributed by atoms with van der Waals surface area (Å²) in [6.45, 7) is 1.61. The van der Waals surface area contributed by atoms with E-state index in [9.17, 15) is 9.59 Å². The summed E-state index contributed by atoms with van der Waals surface area (Å²) in [4.78, 5) is 32.2. The number of H-pyrrole nitrogens is 1. The Bertz CT molecular complexity index is 930. The number of aromatic nitrogens is 2. The van der Waals surface area contributed by atoms with Crippen LogP contribution in [0, 0.1) is 0 Å². The SMILES string of the molecule is CC1(C(=O)Nc2nc3ccccc3[nH]2)Cc2ccccc2C(=O)O1. The highest BCUT2D eigenvalue weighted by molar-refractivity contribution is 6.02. The van der Waals surface area contributed by atoms with E-state index in [4.69, 9.17) is 4.74 Å². The van der Waals surface area contributed by atoms with Crippen LogP contribution in [0.4, 0.5) is 5.95 Å². The molecule has 1 unspecified atom stereocenters. The van der Waals surface area contributed by atoms with Gasteiger partial charge in [0.2, 0.25) is 5.95 Å². The summed E-state index contributed by atoms with van der Waals surface area (Å²) in [6, 6.07) is 14.6. The highest BCUT2D eigenvalue weighted by Crippen LogP contribution is 2.29. The molecule has 2 aromatic carbocycles. The Morgan fingerprint density at radius 3 is 2.79 bits per heavy atom. The van der Waals surface area contributed by atoms with Crippen molar-refractivity contribution in [3.05, 3.63) is 59.7 Å². The molecule has 3 aromatic rings. The van der Waals surface area contributed by atoms with Gasteiger partial charge in [-0.25, -0.2) is 9.78 Å². The monoisotopic (exact) mass is 321 g/mol. The summed E-state index contributed by atoms with van der Waals surface area (Å²) in [6.07, 6.45) is 0.320. The van der Waals surface area contributed by atoms with E-state index in [-0.39, 0.29) is 0 Å². The molecule has 0 bridgehead atoms. The first-order valence-corrected chi connectivity index (χ1v) is 7.63. The Kier molecular flexibility index (Phi) is 3.13. The molecule has 1 atom stereocenters. The van der Waals surface area contributed by atoms with Gasteiger partial charge >= 0.3 is 5.97 Å². The topological polar surface area (TPSA) is 84.1 Å². The van der Waals surface area contributed by atoms with Gasteiger partial charge in [0.25, 0.3) is 5.91 Å². The summed E-state index contributed by atoms with van der Waals surface area (Å²) in [7, 11) is 0. The lowest BCUT2D eigenvalue weighted by atomic mass is 9.89. The molecule has 6 heteroatoms. The number of carbonyl (C=O) groups is 2. The number of para-hydroxylation sites is 2. The predicted octanol–water partition coefficient (Wildman–Crippen LogP) is 2.67. The second kappa shape index (κ2) is 5.19. The van der Waals surface area contributed by atoms with Crippen LogP contribution in [0.3, 0.4) is 0 Å². The lowest BCUT2D eigenvalue weighted by Gasteiger charge is -2.32. The average molecular weight is 321 g/mol. The molecule has 1 amide bonds. The third-order valence-electron chi connectivity index (χ3n) is 4.18. The molecule has 2 heterocycles. The molecule has 0 aliphatic carbocycles. The Balaban J connectivity index is 1.61. The number of ether oxygens (including phenoxy) is 1. The molecule has 6 nitrogen and oxygen atoms in total. The highest BCUT2D eigenvalue weighted by atomic mass is 16.6. The second-order valence-corrected chi connectivity index (χ2v) is 6.01. The number of amides is 1. The fourth-order valence-corrected chi connectivity index (χ4v) is 2.91. The Morgan fingerprint density at radius 2 is 1.96 bits per heavy atom. The smallest absolute Gasteiger partial charge is 0.339 e. The maximum atomic E-state index is 12.7. The number of nitrogens with one attached hydrogen (secondary N) is 2. The van der Waals surface area contributed by atoms with E-state index < -0.39 is 17.5 Å². The lowest BCUT2D eigenvalue weighted by molar-refractivity contribution is -0.134. The second-order valence-electron chi connectivity index (χ2n) is 6.01. The molecule has 1 aromatic heterocycles. The van der Waals surface area contributed by atoms with Crippen molar-refractivity contribution in [3.8, 4) is 0 Å². The normalized spacial score (nSPS) is 19.6. The van der Waals surface area contributed by atoms with E-state index in [1.165, 1.54) is 0 Å². The minimum absolute atomic E-state index is 0.320. The van der Waals surface area contributed by atoms with Gasteiger partial charge < -0.3 is 9.72 Å². The van der Waals surface area contributed by atoms with E-state index in [1.54, 1.807) is 19.1 Å². The molecule has 0 radical (unpaired) electrons. The molecule has 0 spiro atoms. The summed E-state index contributed by atoms with van der Waals surface area (Å²) in [5, 5.41) is 2.71. The fraction of sp³-hybridized carbons (Fsp3) is 0.167. The summed E-state index contributed by atoms with van der Waals surface area (Å²) in [5.74, 6) is -0.569. The van der Waals surface area contributed by atoms with Crippen LogP contribution in [-0.2, 0) is 16.0 Å². The van der Waals surface area contributed by atoms with Crippen LogP contribution in [0.1, 0.15) is 22.8 Å². The molecule has 0 saturated carbocycles. The van der Waals surface area contributed by atoms with Gasteiger partial charge in [-0.05, 0) is 30.7 Å². The van der Waals surface area contributed by atoms with Crippen molar-refractivity contribution in [2.24, 2.45) is 0 Å². The van der Waals surface area contributed by atoms with Crippen LogP contribution in [0.2, 0.25) is 0 Å². The van der Waals surface area contributed by atoms with Crippen LogP contribution in [-0.4, -0.2) is 27.4 Å². The van der Waals surface area contributed by atoms with E-state index in [1.807, 2.05) is 36.4 Å². The number of rotatable bonds is 2. The van der Waals surface area contributed by atoms with Gasteiger partial charge in [-0.15, -0.1) is 0 Å². The van der Waals surface area contributed by atoms with Gasteiger partial charge in [0.05, 0.1) is 16.6 Å². The van der Waals surface area contributed by atoms with Crippen LogP contribution in [0.5, 0.6) is 0 Å². The largest absolute Gasteiger partial charge is 0.445 e. The molecule has 0 fully saturated rings. The van der Waals surface area contributed by atoms with Crippen molar-refractivity contribution in [1.82, 2.24) is 9.97 Å². The molecule has 120 valence electrons. The van der Waals surface area contributed by atoms with Crippen molar-refractivity contribution in [3.63, 3.8) is 0 Å². The van der Waals surface area contributed by atoms with E-state index in [2.05, 4.69) is 15.3 Å². The van der Waals surface area contributed by atoms with Crippen molar-refractivity contribution in [2.75, 3.05) is 5.32 Å². The van der Waals surface area contributed by atoms with Crippen molar-refractivity contribution >= 4 is 28.9 Å². The van der Waals surface area contributed by atoms with Gasteiger partial charge in [0.15, 0.2) is 5.60 Å². The number of hydrogen-bond donors (Lipinski definition) is 2.